The molecule has 0 bridgehead atoms. The summed E-state index contributed by atoms with van der Waals surface area (Å²) in [7, 11) is 1.60. The molecule has 0 fully saturated rings. The van der Waals surface area contributed by atoms with Gasteiger partial charge in [0, 0.05) is 30.7 Å². The minimum absolute atomic E-state index is 0.0146. The van der Waals surface area contributed by atoms with Crippen molar-refractivity contribution < 1.29 is 23.4 Å². The molecule has 1 N–H and O–H groups in total. The Morgan fingerprint density at radius 1 is 1.03 bits per heavy atom. The maximum atomic E-state index is 13.5. The van der Waals surface area contributed by atoms with Crippen LogP contribution in [0.15, 0.2) is 36.7 Å². The van der Waals surface area contributed by atoms with Gasteiger partial charge in [-0.3, -0.25) is 0 Å². The van der Waals surface area contributed by atoms with E-state index in [0.29, 0.717) is 60.1 Å². The van der Waals surface area contributed by atoms with Gasteiger partial charge in [-0.15, -0.1) is 0 Å². The standard InChI is InChI=1S/C23H25ClFN3O4/c1-30-10-11-32-21-13-17-20(14-22(21)31-9-5-3-2-4-8-29)26-15-27-23(17)28-16-6-7-19(25)18(24)12-16/h6-8,12-15H,2-5,9-11H2,1H3,(H,26,27,28). The fourth-order valence-corrected chi connectivity index (χ4v) is 3.20. The second-order valence-electron chi connectivity index (χ2n) is 7.00. The Morgan fingerprint density at radius 3 is 2.62 bits per heavy atom. The summed E-state index contributed by atoms with van der Waals surface area (Å²) in [6.45, 7) is 1.27. The normalized spacial score (nSPS) is 10.8. The number of hydrogen-bond acceptors (Lipinski definition) is 7. The van der Waals surface area contributed by atoms with Gasteiger partial charge in [-0.2, -0.15) is 0 Å². The number of ether oxygens (including phenoxy) is 3. The number of nitrogens with zero attached hydrogens (tertiary/aromatic N) is 2. The molecule has 0 radical (unpaired) electrons. The van der Waals surface area contributed by atoms with Crippen molar-refractivity contribution in [2.45, 2.75) is 25.7 Å². The fourth-order valence-electron chi connectivity index (χ4n) is 3.02. The summed E-state index contributed by atoms with van der Waals surface area (Å²) in [5.41, 5.74) is 1.25. The third-order valence-electron chi connectivity index (χ3n) is 4.65. The smallest absolute Gasteiger partial charge is 0.163 e. The lowest BCUT2D eigenvalue weighted by Gasteiger charge is -2.15. The fraction of sp³-hybridized carbons (Fsp3) is 0.348. The first kappa shape index (κ1) is 23.7. The van der Waals surface area contributed by atoms with Gasteiger partial charge in [0.25, 0.3) is 0 Å². The summed E-state index contributed by atoms with van der Waals surface area (Å²) < 4.78 is 30.4. The second kappa shape index (κ2) is 12.2. The van der Waals surface area contributed by atoms with Crippen molar-refractivity contribution in [2.75, 3.05) is 32.2 Å². The van der Waals surface area contributed by atoms with Gasteiger partial charge >= 0.3 is 0 Å². The molecule has 3 aromatic rings. The van der Waals surface area contributed by atoms with Crippen LogP contribution in [0.5, 0.6) is 11.5 Å². The zero-order valence-corrected chi connectivity index (χ0v) is 18.5. The Bertz CT molecular complexity index is 1050. The quantitative estimate of drug-likeness (QED) is 0.272. The van der Waals surface area contributed by atoms with Crippen molar-refractivity contribution in [3.63, 3.8) is 0 Å². The molecule has 32 heavy (non-hydrogen) atoms. The van der Waals surface area contributed by atoms with E-state index in [0.717, 1.165) is 25.5 Å². The first-order chi connectivity index (χ1) is 15.6. The monoisotopic (exact) mass is 461 g/mol. The van der Waals surface area contributed by atoms with Crippen LogP contribution in [0.1, 0.15) is 25.7 Å². The number of fused-ring (bicyclic) bond motifs is 1. The molecule has 3 rings (SSSR count). The van der Waals surface area contributed by atoms with E-state index in [9.17, 15) is 9.18 Å². The number of aromatic nitrogens is 2. The molecule has 9 heteroatoms. The van der Waals surface area contributed by atoms with Crippen LogP contribution in [0, 0.1) is 5.82 Å². The van der Waals surface area contributed by atoms with Gasteiger partial charge in [-0.1, -0.05) is 11.6 Å². The molecule has 170 valence electrons. The molecule has 0 aliphatic heterocycles. The van der Waals surface area contributed by atoms with Crippen LogP contribution in [-0.4, -0.2) is 43.2 Å². The molecule has 0 aliphatic rings. The zero-order valence-electron chi connectivity index (χ0n) is 17.8. The third-order valence-corrected chi connectivity index (χ3v) is 4.94. The van der Waals surface area contributed by atoms with Crippen LogP contribution in [0.25, 0.3) is 10.9 Å². The van der Waals surface area contributed by atoms with Gasteiger partial charge in [-0.25, -0.2) is 14.4 Å². The molecular formula is C23H25ClFN3O4. The topological polar surface area (TPSA) is 82.6 Å². The zero-order chi connectivity index (χ0) is 22.8. The highest BCUT2D eigenvalue weighted by molar-refractivity contribution is 6.31. The Kier molecular flexibility index (Phi) is 9.01. The van der Waals surface area contributed by atoms with Crippen molar-refractivity contribution in [3.05, 3.63) is 47.5 Å². The second-order valence-corrected chi connectivity index (χ2v) is 7.41. The van der Waals surface area contributed by atoms with Gasteiger partial charge in [0.15, 0.2) is 11.5 Å². The number of nitrogens with one attached hydrogen (secondary N) is 1. The van der Waals surface area contributed by atoms with Crippen LogP contribution in [0.3, 0.4) is 0 Å². The molecule has 2 aromatic carbocycles. The number of rotatable bonds is 13. The lowest BCUT2D eigenvalue weighted by molar-refractivity contribution is -0.107. The molecule has 0 spiro atoms. The number of aldehydes is 1. The third kappa shape index (κ3) is 6.51. The van der Waals surface area contributed by atoms with Gasteiger partial charge in [0.05, 0.1) is 23.8 Å². The van der Waals surface area contributed by atoms with E-state index in [1.807, 2.05) is 0 Å². The number of methoxy groups -OCH3 is 1. The SMILES string of the molecule is COCCOc1cc2c(Nc3ccc(F)c(Cl)c3)ncnc2cc1OCCCCCC=O. The lowest BCUT2D eigenvalue weighted by Crippen LogP contribution is -2.07. The molecule has 1 aromatic heterocycles. The Labute approximate surface area is 190 Å². The number of carbonyl (C=O) groups excluding carboxylic acids is 1. The van der Waals surface area contributed by atoms with Crippen molar-refractivity contribution in [3.8, 4) is 11.5 Å². The van der Waals surface area contributed by atoms with Gasteiger partial charge < -0.3 is 24.3 Å². The average molecular weight is 462 g/mol. The Morgan fingerprint density at radius 2 is 1.84 bits per heavy atom. The summed E-state index contributed by atoms with van der Waals surface area (Å²) >= 11 is 5.89. The largest absolute Gasteiger partial charge is 0.490 e. The van der Waals surface area contributed by atoms with E-state index in [2.05, 4.69) is 15.3 Å². The summed E-state index contributed by atoms with van der Waals surface area (Å²) in [4.78, 5) is 19.1. The summed E-state index contributed by atoms with van der Waals surface area (Å²) in [5.74, 6) is 1.14. The minimum atomic E-state index is -0.494. The number of anilines is 2. The number of hydrogen-bond donors (Lipinski definition) is 1. The van der Waals surface area contributed by atoms with Gasteiger partial charge in [-0.05, 0) is 43.5 Å². The van der Waals surface area contributed by atoms with Crippen molar-refractivity contribution in [1.82, 2.24) is 9.97 Å². The highest BCUT2D eigenvalue weighted by Crippen LogP contribution is 2.35. The number of unbranched alkanes of at least 4 members (excludes halogenated alkanes) is 3. The number of carbonyl (C=O) groups is 1. The predicted octanol–water partition coefficient (Wildman–Crippen LogP) is 5.33. The molecule has 0 saturated heterocycles. The van der Waals surface area contributed by atoms with Crippen LogP contribution >= 0.6 is 11.6 Å². The maximum Gasteiger partial charge on any atom is 0.163 e. The molecule has 0 aliphatic carbocycles. The average Bonchev–Trinajstić information content (AvgIpc) is 2.79. The van der Waals surface area contributed by atoms with E-state index >= 15 is 0 Å². The van der Waals surface area contributed by atoms with Gasteiger partial charge in [0.1, 0.15) is 30.9 Å². The number of halogens is 2. The van der Waals surface area contributed by atoms with E-state index < -0.39 is 5.82 Å². The molecule has 1 heterocycles. The molecule has 7 nitrogen and oxygen atoms in total. The Hall–Kier alpha value is -2.97. The number of benzene rings is 2. The first-order valence-electron chi connectivity index (χ1n) is 10.3. The van der Waals surface area contributed by atoms with Crippen molar-refractivity contribution in [2.24, 2.45) is 0 Å². The Balaban J connectivity index is 1.84. The summed E-state index contributed by atoms with van der Waals surface area (Å²) in [5, 5.41) is 3.87. The lowest BCUT2D eigenvalue weighted by atomic mass is 10.2. The molecular weight excluding hydrogens is 437 g/mol. The maximum absolute atomic E-state index is 13.5. The van der Waals surface area contributed by atoms with E-state index in [1.165, 1.54) is 18.5 Å². The van der Waals surface area contributed by atoms with Crippen LogP contribution in [0.4, 0.5) is 15.9 Å². The van der Waals surface area contributed by atoms with E-state index in [1.54, 1.807) is 25.3 Å². The first-order valence-corrected chi connectivity index (χ1v) is 10.7. The van der Waals surface area contributed by atoms with Crippen LogP contribution in [-0.2, 0) is 9.53 Å². The van der Waals surface area contributed by atoms with E-state index in [4.69, 9.17) is 25.8 Å². The molecule has 0 amide bonds. The van der Waals surface area contributed by atoms with Crippen LogP contribution < -0.4 is 14.8 Å². The summed E-state index contributed by atoms with van der Waals surface area (Å²) in [6.07, 6.45) is 5.50. The van der Waals surface area contributed by atoms with Crippen LogP contribution in [0.2, 0.25) is 5.02 Å². The predicted molar refractivity (Wildman–Crippen MR) is 122 cm³/mol. The van der Waals surface area contributed by atoms with Crippen molar-refractivity contribution in [1.29, 1.82) is 0 Å². The minimum Gasteiger partial charge on any atom is -0.490 e. The molecule has 0 unspecified atom stereocenters. The molecule has 0 atom stereocenters. The summed E-state index contributed by atoms with van der Waals surface area (Å²) in [6, 6.07) is 7.96. The van der Waals surface area contributed by atoms with E-state index in [-0.39, 0.29) is 5.02 Å². The molecule has 0 saturated carbocycles. The highest BCUT2D eigenvalue weighted by atomic mass is 35.5. The van der Waals surface area contributed by atoms with Gasteiger partial charge in [0.2, 0.25) is 0 Å². The highest BCUT2D eigenvalue weighted by Gasteiger charge is 2.13. The van der Waals surface area contributed by atoms with Crippen molar-refractivity contribution >= 4 is 40.3 Å².